The van der Waals surface area contributed by atoms with Crippen molar-refractivity contribution in [3.8, 4) is 11.5 Å². The predicted molar refractivity (Wildman–Crippen MR) is 87.3 cm³/mol. The second kappa shape index (κ2) is 8.01. The van der Waals surface area contributed by atoms with E-state index in [1.807, 2.05) is 0 Å². The third-order valence-electron chi connectivity index (χ3n) is 3.20. The first-order valence-electron chi connectivity index (χ1n) is 7.20. The van der Waals surface area contributed by atoms with E-state index in [1.165, 1.54) is 26.4 Å². The minimum atomic E-state index is -0.634. The topological polar surface area (TPSA) is 75.0 Å². The van der Waals surface area contributed by atoms with Crippen molar-refractivity contribution in [2.24, 2.45) is 0 Å². The maximum Gasteiger partial charge on any atom is 0.331 e. The Morgan fingerprint density at radius 1 is 1.12 bits per heavy atom. The smallest absolute Gasteiger partial charge is 0.331 e. The number of carbonyl (C=O) groups is 2. The molecule has 126 valence electrons. The molecule has 1 aromatic carbocycles. The summed E-state index contributed by atoms with van der Waals surface area (Å²) in [6.07, 6.45) is 2.69. The van der Waals surface area contributed by atoms with Crippen molar-refractivity contribution >= 4 is 17.8 Å². The van der Waals surface area contributed by atoms with Crippen LogP contribution in [0, 0.1) is 6.92 Å². The van der Waals surface area contributed by atoms with Gasteiger partial charge in [0.25, 0.3) is 0 Å². The van der Waals surface area contributed by atoms with Gasteiger partial charge in [0.1, 0.15) is 23.0 Å². The Morgan fingerprint density at radius 2 is 1.92 bits per heavy atom. The number of aryl methyl sites for hydroxylation is 1. The number of hydrogen-bond donors (Lipinski definition) is 0. The molecule has 0 radical (unpaired) electrons. The summed E-state index contributed by atoms with van der Waals surface area (Å²) in [5, 5.41) is 0. The minimum Gasteiger partial charge on any atom is -0.497 e. The van der Waals surface area contributed by atoms with Crippen LogP contribution in [0.15, 0.2) is 40.8 Å². The first kappa shape index (κ1) is 17.3. The van der Waals surface area contributed by atoms with Crippen molar-refractivity contribution in [2.45, 2.75) is 6.92 Å². The molecule has 0 spiro atoms. The summed E-state index contributed by atoms with van der Waals surface area (Å²) in [6, 6.07) is 8.30. The van der Waals surface area contributed by atoms with Crippen molar-refractivity contribution in [2.75, 3.05) is 20.8 Å². The van der Waals surface area contributed by atoms with Gasteiger partial charge in [0.15, 0.2) is 6.61 Å². The van der Waals surface area contributed by atoms with Crippen molar-refractivity contribution in [1.29, 1.82) is 0 Å². The van der Waals surface area contributed by atoms with Crippen molar-refractivity contribution < 1.29 is 28.2 Å². The summed E-state index contributed by atoms with van der Waals surface area (Å²) < 4.78 is 20.5. The Kier molecular flexibility index (Phi) is 5.78. The lowest BCUT2D eigenvalue weighted by Crippen LogP contribution is -2.13. The first-order chi connectivity index (χ1) is 11.5. The molecule has 0 atom stereocenters. The second-order valence-corrected chi connectivity index (χ2v) is 4.88. The van der Waals surface area contributed by atoms with Gasteiger partial charge in [-0.3, -0.25) is 4.79 Å². The molecule has 0 bridgehead atoms. The second-order valence-electron chi connectivity index (χ2n) is 4.88. The summed E-state index contributed by atoms with van der Waals surface area (Å²) in [7, 11) is 2.97. The molecule has 0 amide bonds. The van der Waals surface area contributed by atoms with Crippen molar-refractivity contribution in [3.05, 3.63) is 53.5 Å². The molecule has 2 aromatic rings. The van der Waals surface area contributed by atoms with E-state index >= 15 is 0 Å². The third kappa shape index (κ3) is 4.49. The van der Waals surface area contributed by atoms with Crippen LogP contribution in [0.4, 0.5) is 0 Å². The quantitative estimate of drug-likeness (QED) is 0.441. The first-order valence-corrected chi connectivity index (χ1v) is 7.20. The molecule has 0 aliphatic carbocycles. The van der Waals surface area contributed by atoms with E-state index in [0.29, 0.717) is 22.8 Å². The zero-order valence-electron chi connectivity index (χ0n) is 13.7. The van der Waals surface area contributed by atoms with E-state index in [9.17, 15) is 9.59 Å². The highest BCUT2D eigenvalue weighted by Crippen LogP contribution is 2.25. The maximum atomic E-state index is 12.2. The van der Waals surface area contributed by atoms with Crippen LogP contribution in [-0.2, 0) is 9.53 Å². The average Bonchev–Trinajstić information content (AvgIpc) is 3.02. The molecular weight excluding hydrogens is 312 g/mol. The molecule has 2 rings (SSSR count). The predicted octanol–water partition coefficient (Wildman–Crippen LogP) is 3.04. The third-order valence-corrected chi connectivity index (χ3v) is 3.20. The number of esters is 1. The molecule has 0 aliphatic heterocycles. The van der Waals surface area contributed by atoms with Crippen LogP contribution in [0.1, 0.15) is 21.9 Å². The highest BCUT2D eigenvalue weighted by atomic mass is 16.5. The molecule has 0 unspecified atom stereocenters. The fourth-order valence-corrected chi connectivity index (χ4v) is 1.98. The molecule has 0 saturated carbocycles. The molecule has 0 N–H and O–H groups in total. The Hall–Kier alpha value is -3.02. The van der Waals surface area contributed by atoms with Gasteiger partial charge >= 0.3 is 5.97 Å². The van der Waals surface area contributed by atoms with Gasteiger partial charge in [-0.15, -0.1) is 0 Å². The molecule has 0 aliphatic rings. The SMILES string of the molecule is COc1ccc(C(=O)COC(=O)C=Cc2ccc(C)o2)c(OC)c1. The van der Waals surface area contributed by atoms with E-state index in [4.69, 9.17) is 18.6 Å². The Morgan fingerprint density at radius 3 is 2.54 bits per heavy atom. The van der Waals surface area contributed by atoms with Gasteiger partial charge < -0.3 is 18.6 Å². The van der Waals surface area contributed by atoms with Crippen LogP contribution < -0.4 is 9.47 Å². The fourth-order valence-electron chi connectivity index (χ4n) is 1.98. The largest absolute Gasteiger partial charge is 0.497 e. The number of methoxy groups -OCH3 is 2. The summed E-state index contributed by atoms with van der Waals surface area (Å²) >= 11 is 0. The number of ether oxygens (including phenoxy) is 3. The maximum absolute atomic E-state index is 12.2. The van der Waals surface area contributed by atoms with Crippen LogP contribution in [0.3, 0.4) is 0 Å². The fraction of sp³-hybridized carbons (Fsp3) is 0.222. The van der Waals surface area contributed by atoms with Gasteiger partial charge in [0.05, 0.1) is 19.8 Å². The highest BCUT2D eigenvalue weighted by molar-refractivity contribution is 6.01. The van der Waals surface area contributed by atoms with Gasteiger partial charge in [-0.2, -0.15) is 0 Å². The molecular formula is C18H18O6. The van der Waals surface area contributed by atoms with Crippen LogP contribution in [0.2, 0.25) is 0 Å². The standard InChI is InChI=1S/C18H18O6/c1-12-4-5-13(24-12)7-9-18(20)23-11-16(19)15-8-6-14(21-2)10-17(15)22-3/h4-10H,11H2,1-3H3. The van der Waals surface area contributed by atoms with Crippen LogP contribution >= 0.6 is 0 Å². The number of carbonyl (C=O) groups excluding carboxylic acids is 2. The lowest BCUT2D eigenvalue weighted by atomic mass is 10.1. The van der Waals surface area contributed by atoms with Gasteiger partial charge in [0, 0.05) is 12.1 Å². The van der Waals surface area contributed by atoms with E-state index in [0.717, 1.165) is 5.76 Å². The number of benzene rings is 1. The van der Waals surface area contributed by atoms with E-state index < -0.39 is 5.97 Å². The molecule has 6 heteroatoms. The summed E-state index contributed by atoms with van der Waals surface area (Å²) in [5.41, 5.74) is 0.316. The zero-order chi connectivity index (χ0) is 17.5. The van der Waals surface area contributed by atoms with E-state index in [1.54, 1.807) is 37.3 Å². The number of furan rings is 1. The van der Waals surface area contributed by atoms with Gasteiger partial charge in [-0.1, -0.05) is 0 Å². The Balaban J connectivity index is 1.95. The molecule has 1 aromatic heterocycles. The Labute approximate surface area is 139 Å². The van der Waals surface area contributed by atoms with E-state index in [2.05, 4.69) is 0 Å². The van der Waals surface area contributed by atoms with Crippen LogP contribution in [0.5, 0.6) is 11.5 Å². The normalized spacial score (nSPS) is 10.6. The number of rotatable bonds is 7. The number of hydrogen-bond acceptors (Lipinski definition) is 6. The number of ketones is 1. The molecule has 1 heterocycles. The van der Waals surface area contributed by atoms with Gasteiger partial charge in [-0.05, 0) is 37.3 Å². The minimum absolute atomic E-state index is 0.316. The highest BCUT2D eigenvalue weighted by Gasteiger charge is 2.15. The average molecular weight is 330 g/mol. The molecule has 6 nitrogen and oxygen atoms in total. The van der Waals surface area contributed by atoms with Gasteiger partial charge in [0.2, 0.25) is 5.78 Å². The van der Waals surface area contributed by atoms with Crippen molar-refractivity contribution in [3.63, 3.8) is 0 Å². The number of Topliss-reactive ketones (excluding diaryl/α,β-unsaturated/α-hetero) is 1. The Bertz CT molecular complexity index is 757. The zero-order valence-corrected chi connectivity index (χ0v) is 13.7. The summed E-state index contributed by atoms with van der Waals surface area (Å²) in [6.45, 7) is 1.42. The summed E-state index contributed by atoms with van der Waals surface area (Å²) in [5.74, 6) is 1.20. The molecule has 0 fully saturated rings. The lowest BCUT2D eigenvalue weighted by molar-refractivity contribution is -0.136. The van der Waals surface area contributed by atoms with Crippen molar-refractivity contribution in [1.82, 2.24) is 0 Å². The summed E-state index contributed by atoms with van der Waals surface area (Å²) in [4.78, 5) is 23.8. The monoisotopic (exact) mass is 330 g/mol. The molecule has 0 saturated heterocycles. The van der Waals surface area contributed by atoms with E-state index in [-0.39, 0.29) is 12.4 Å². The van der Waals surface area contributed by atoms with Crippen LogP contribution in [0.25, 0.3) is 6.08 Å². The lowest BCUT2D eigenvalue weighted by Gasteiger charge is -2.09. The van der Waals surface area contributed by atoms with Gasteiger partial charge in [-0.25, -0.2) is 4.79 Å². The molecule has 24 heavy (non-hydrogen) atoms. The van der Waals surface area contributed by atoms with Crippen LogP contribution in [-0.4, -0.2) is 32.6 Å².